The summed E-state index contributed by atoms with van der Waals surface area (Å²) in [4.78, 5) is 4.38. The number of benzene rings is 1. The Labute approximate surface area is 115 Å². The molecule has 0 radical (unpaired) electrons. The van der Waals surface area contributed by atoms with Crippen molar-refractivity contribution >= 4 is 28.3 Å². The fourth-order valence-electron chi connectivity index (χ4n) is 2.17. The quantitative estimate of drug-likeness (QED) is 0.795. The first-order valence-corrected chi connectivity index (χ1v) is 7.03. The molecule has 0 aliphatic rings. The van der Waals surface area contributed by atoms with Crippen LogP contribution in [0.15, 0.2) is 35.0 Å². The molecule has 0 saturated heterocycles. The van der Waals surface area contributed by atoms with E-state index in [1.165, 1.54) is 5.56 Å². The van der Waals surface area contributed by atoms with Gasteiger partial charge in [0.05, 0.1) is 18.1 Å². The number of imidazole rings is 1. The monoisotopic (exact) mass is 273 g/mol. The van der Waals surface area contributed by atoms with Crippen LogP contribution in [0.5, 0.6) is 5.75 Å². The van der Waals surface area contributed by atoms with E-state index in [-0.39, 0.29) is 0 Å². The lowest BCUT2D eigenvalue weighted by molar-refractivity contribution is 0.415. The molecule has 0 spiro atoms. The molecule has 5 heteroatoms. The third kappa shape index (κ3) is 2.29. The fraction of sp³-hybridized carbons (Fsp3) is 0.214. The fourth-order valence-corrected chi connectivity index (χ4v) is 2.87. The van der Waals surface area contributed by atoms with E-state index in [1.807, 2.05) is 22.8 Å². The zero-order chi connectivity index (χ0) is 13.2. The maximum atomic E-state index is 6.00. The van der Waals surface area contributed by atoms with Gasteiger partial charge in [-0.1, -0.05) is 0 Å². The Morgan fingerprint density at radius 2 is 2.26 bits per heavy atom. The van der Waals surface area contributed by atoms with Gasteiger partial charge in [0.2, 0.25) is 5.95 Å². The van der Waals surface area contributed by atoms with E-state index < -0.39 is 0 Å². The van der Waals surface area contributed by atoms with Crippen LogP contribution in [-0.2, 0) is 13.0 Å². The van der Waals surface area contributed by atoms with E-state index in [0.717, 1.165) is 29.7 Å². The number of hydrogen-bond acceptors (Lipinski definition) is 4. The van der Waals surface area contributed by atoms with Crippen LogP contribution >= 0.6 is 11.3 Å². The summed E-state index contributed by atoms with van der Waals surface area (Å²) in [6, 6.07) is 7.99. The number of methoxy groups -OCH3 is 1. The molecule has 0 saturated carbocycles. The lowest BCUT2D eigenvalue weighted by Crippen LogP contribution is -2.05. The summed E-state index contributed by atoms with van der Waals surface area (Å²) < 4.78 is 7.25. The van der Waals surface area contributed by atoms with Crippen LogP contribution in [0.2, 0.25) is 0 Å². The molecule has 98 valence electrons. The van der Waals surface area contributed by atoms with Gasteiger partial charge in [-0.25, -0.2) is 4.98 Å². The van der Waals surface area contributed by atoms with Crippen molar-refractivity contribution in [2.45, 2.75) is 13.0 Å². The molecular formula is C14H15N3OS. The normalized spacial score (nSPS) is 11.0. The second kappa shape index (κ2) is 4.93. The van der Waals surface area contributed by atoms with E-state index in [0.29, 0.717) is 5.95 Å². The predicted molar refractivity (Wildman–Crippen MR) is 78.7 cm³/mol. The Balaban J connectivity index is 1.92. The van der Waals surface area contributed by atoms with Crippen molar-refractivity contribution in [3.63, 3.8) is 0 Å². The number of thiophene rings is 1. The zero-order valence-corrected chi connectivity index (χ0v) is 11.5. The van der Waals surface area contributed by atoms with Crippen LogP contribution in [0.25, 0.3) is 11.0 Å². The van der Waals surface area contributed by atoms with Crippen LogP contribution in [0, 0.1) is 0 Å². The summed E-state index contributed by atoms with van der Waals surface area (Å²) in [7, 11) is 1.65. The van der Waals surface area contributed by atoms with E-state index in [1.54, 1.807) is 18.4 Å². The third-order valence-electron chi connectivity index (χ3n) is 3.19. The van der Waals surface area contributed by atoms with E-state index >= 15 is 0 Å². The topological polar surface area (TPSA) is 53.1 Å². The maximum absolute atomic E-state index is 6.00. The molecule has 0 aliphatic carbocycles. The first kappa shape index (κ1) is 12.0. The van der Waals surface area contributed by atoms with Crippen molar-refractivity contribution in [2.75, 3.05) is 12.8 Å². The lowest BCUT2D eigenvalue weighted by atomic mass is 10.2. The Kier molecular flexibility index (Phi) is 3.13. The summed E-state index contributed by atoms with van der Waals surface area (Å²) in [5.41, 5.74) is 9.26. The SMILES string of the molecule is COc1ccc2c(c1)nc(N)n2CCc1ccsc1. The first-order chi connectivity index (χ1) is 9.28. The maximum Gasteiger partial charge on any atom is 0.201 e. The van der Waals surface area contributed by atoms with Gasteiger partial charge in [0, 0.05) is 12.6 Å². The summed E-state index contributed by atoms with van der Waals surface area (Å²) in [6.45, 7) is 0.839. The average Bonchev–Trinajstić information content (AvgIpc) is 3.02. The molecule has 2 aromatic heterocycles. The van der Waals surface area contributed by atoms with Crippen molar-refractivity contribution < 1.29 is 4.74 Å². The molecule has 0 aliphatic heterocycles. The number of nitrogens with zero attached hydrogens (tertiary/aromatic N) is 2. The number of anilines is 1. The number of hydrogen-bond donors (Lipinski definition) is 1. The van der Waals surface area contributed by atoms with Crippen molar-refractivity contribution in [1.29, 1.82) is 0 Å². The minimum Gasteiger partial charge on any atom is -0.497 e. The van der Waals surface area contributed by atoms with E-state index in [9.17, 15) is 0 Å². The minimum absolute atomic E-state index is 0.554. The molecule has 3 rings (SSSR count). The minimum atomic E-state index is 0.554. The van der Waals surface area contributed by atoms with Gasteiger partial charge >= 0.3 is 0 Å². The second-order valence-electron chi connectivity index (χ2n) is 4.36. The van der Waals surface area contributed by atoms with Crippen LogP contribution in [0.1, 0.15) is 5.56 Å². The van der Waals surface area contributed by atoms with Crippen LogP contribution in [-0.4, -0.2) is 16.7 Å². The molecular weight excluding hydrogens is 258 g/mol. The highest BCUT2D eigenvalue weighted by Crippen LogP contribution is 2.23. The standard InChI is InChI=1S/C14H15N3OS/c1-18-11-2-3-13-12(8-11)16-14(15)17(13)6-4-10-5-7-19-9-10/h2-3,5,7-9H,4,6H2,1H3,(H2,15,16). The van der Waals surface area contributed by atoms with E-state index in [4.69, 9.17) is 10.5 Å². The zero-order valence-electron chi connectivity index (χ0n) is 10.7. The molecule has 4 nitrogen and oxygen atoms in total. The van der Waals surface area contributed by atoms with Gasteiger partial charge in [-0.3, -0.25) is 0 Å². The number of aromatic nitrogens is 2. The van der Waals surface area contributed by atoms with Crippen molar-refractivity contribution in [3.8, 4) is 5.75 Å². The Morgan fingerprint density at radius 1 is 1.37 bits per heavy atom. The average molecular weight is 273 g/mol. The number of rotatable bonds is 4. The molecule has 3 aromatic rings. The largest absolute Gasteiger partial charge is 0.497 e. The Bertz CT molecular complexity index is 688. The van der Waals surface area contributed by atoms with Gasteiger partial charge in [-0.2, -0.15) is 11.3 Å². The number of nitrogens with two attached hydrogens (primary N) is 1. The molecule has 19 heavy (non-hydrogen) atoms. The van der Waals surface area contributed by atoms with Crippen molar-refractivity contribution in [1.82, 2.24) is 9.55 Å². The van der Waals surface area contributed by atoms with Gasteiger partial charge in [0.1, 0.15) is 5.75 Å². The predicted octanol–water partition coefficient (Wildman–Crippen LogP) is 2.93. The highest BCUT2D eigenvalue weighted by atomic mass is 32.1. The number of fused-ring (bicyclic) bond motifs is 1. The highest BCUT2D eigenvalue weighted by Gasteiger charge is 2.09. The van der Waals surface area contributed by atoms with Crippen LogP contribution < -0.4 is 10.5 Å². The smallest absolute Gasteiger partial charge is 0.201 e. The van der Waals surface area contributed by atoms with Gasteiger partial charge in [0.25, 0.3) is 0 Å². The molecule has 0 amide bonds. The molecule has 2 N–H and O–H groups in total. The van der Waals surface area contributed by atoms with Crippen molar-refractivity contribution in [3.05, 3.63) is 40.6 Å². The van der Waals surface area contributed by atoms with E-state index in [2.05, 4.69) is 21.8 Å². The lowest BCUT2D eigenvalue weighted by Gasteiger charge is -2.05. The Morgan fingerprint density at radius 3 is 3.00 bits per heavy atom. The summed E-state index contributed by atoms with van der Waals surface area (Å²) in [5.74, 6) is 1.36. The molecule has 0 unspecified atom stereocenters. The second-order valence-corrected chi connectivity index (χ2v) is 5.14. The number of nitrogen functional groups attached to an aromatic ring is 1. The summed E-state index contributed by atoms with van der Waals surface area (Å²) in [5, 5.41) is 4.26. The van der Waals surface area contributed by atoms with Gasteiger partial charge in [-0.05, 0) is 40.9 Å². The molecule has 1 aromatic carbocycles. The molecule has 0 fully saturated rings. The van der Waals surface area contributed by atoms with Gasteiger partial charge in [0.15, 0.2) is 0 Å². The number of ether oxygens (including phenoxy) is 1. The molecule has 0 bridgehead atoms. The summed E-state index contributed by atoms with van der Waals surface area (Å²) in [6.07, 6.45) is 0.963. The number of aryl methyl sites for hydroxylation is 2. The highest BCUT2D eigenvalue weighted by molar-refractivity contribution is 7.07. The van der Waals surface area contributed by atoms with Crippen LogP contribution in [0.4, 0.5) is 5.95 Å². The van der Waals surface area contributed by atoms with Gasteiger partial charge in [-0.15, -0.1) is 0 Å². The third-order valence-corrected chi connectivity index (χ3v) is 3.92. The van der Waals surface area contributed by atoms with Crippen molar-refractivity contribution in [2.24, 2.45) is 0 Å². The van der Waals surface area contributed by atoms with Gasteiger partial charge < -0.3 is 15.0 Å². The molecule has 2 heterocycles. The Hall–Kier alpha value is -2.01. The first-order valence-electron chi connectivity index (χ1n) is 6.09. The molecule has 0 atom stereocenters. The summed E-state index contributed by atoms with van der Waals surface area (Å²) >= 11 is 1.72. The van der Waals surface area contributed by atoms with Crippen LogP contribution in [0.3, 0.4) is 0 Å².